The predicted octanol–water partition coefficient (Wildman–Crippen LogP) is 1.40. The van der Waals surface area contributed by atoms with Crippen LogP contribution in [0.25, 0.3) is 0 Å². The van der Waals surface area contributed by atoms with Crippen molar-refractivity contribution in [2.45, 2.75) is 6.42 Å². The van der Waals surface area contributed by atoms with Gasteiger partial charge in [-0.2, -0.15) is 0 Å². The molecular formula is C11H14ClFN2O4S. The van der Waals surface area contributed by atoms with Gasteiger partial charge in [-0.05, 0) is 6.07 Å². The van der Waals surface area contributed by atoms with E-state index in [2.05, 4.69) is 5.32 Å². The summed E-state index contributed by atoms with van der Waals surface area (Å²) in [6, 6.07) is 1.80. The maximum Gasteiger partial charge on any atom is 0.225 e. The minimum absolute atomic E-state index is 0.123. The molecule has 0 radical (unpaired) electrons. The second kappa shape index (κ2) is 6.38. The number of phenolic OH excluding ortho intramolecular Hbond substituents is 1. The number of amides is 1. The van der Waals surface area contributed by atoms with Crippen molar-refractivity contribution < 1.29 is 22.7 Å². The average Bonchev–Trinajstić information content (AvgIpc) is 2.33. The number of rotatable bonds is 5. The molecule has 0 fully saturated rings. The normalized spacial score (nSPS) is 11.7. The number of hydrogen-bond donors (Lipinski definition) is 2. The molecule has 1 aromatic rings. The monoisotopic (exact) mass is 324 g/mol. The van der Waals surface area contributed by atoms with Gasteiger partial charge >= 0.3 is 0 Å². The summed E-state index contributed by atoms with van der Waals surface area (Å²) in [6.07, 6.45) is -0.321. The van der Waals surface area contributed by atoms with Gasteiger partial charge in [0.1, 0.15) is 11.6 Å². The first-order chi connectivity index (χ1) is 9.13. The smallest absolute Gasteiger partial charge is 0.225 e. The highest BCUT2D eigenvalue weighted by molar-refractivity contribution is 7.89. The topological polar surface area (TPSA) is 86.7 Å². The number of phenols is 1. The first-order valence-electron chi connectivity index (χ1n) is 5.51. The Morgan fingerprint density at radius 3 is 2.60 bits per heavy atom. The fourth-order valence-corrected chi connectivity index (χ4v) is 2.22. The van der Waals surface area contributed by atoms with E-state index < -0.39 is 27.5 Å². The summed E-state index contributed by atoms with van der Waals surface area (Å²) >= 11 is 5.59. The molecule has 1 aromatic carbocycles. The molecule has 0 heterocycles. The van der Waals surface area contributed by atoms with Gasteiger partial charge in [0.15, 0.2) is 0 Å². The van der Waals surface area contributed by atoms with Gasteiger partial charge in [0.25, 0.3) is 0 Å². The van der Waals surface area contributed by atoms with Crippen LogP contribution in [-0.4, -0.2) is 43.6 Å². The fourth-order valence-electron chi connectivity index (χ4n) is 1.25. The lowest BCUT2D eigenvalue weighted by Gasteiger charge is -2.11. The molecule has 0 saturated heterocycles. The van der Waals surface area contributed by atoms with Crippen LogP contribution < -0.4 is 5.32 Å². The largest absolute Gasteiger partial charge is 0.506 e. The van der Waals surface area contributed by atoms with Gasteiger partial charge in [-0.3, -0.25) is 4.79 Å². The van der Waals surface area contributed by atoms with E-state index in [-0.39, 0.29) is 22.9 Å². The van der Waals surface area contributed by atoms with Gasteiger partial charge in [0, 0.05) is 26.6 Å². The fraction of sp³-hybridized carbons (Fsp3) is 0.364. The zero-order valence-electron chi connectivity index (χ0n) is 10.9. The molecule has 6 nitrogen and oxygen atoms in total. The highest BCUT2D eigenvalue weighted by Crippen LogP contribution is 2.29. The van der Waals surface area contributed by atoms with Crippen LogP contribution in [0.3, 0.4) is 0 Å². The zero-order valence-corrected chi connectivity index (χ0v) is 12.4. The van der Waals surface area contributed by atoms with Crippen molar-refractivity contribution >= 4 is 33.2 Å². The van der Waals surface area contributed by atoms with Crippen molar-refractivity contribution in [3.05, 3.63) is 23.0 Å². The Hall–Kier alpha value is -1.38. The molecule has 0 aliphatic carbocycles. The van der Waals surface area contributed by atoms with Crippen molar-refractivity contribution in [2.75, 3.05) is 25.2 Å². The lowest BCUT2D eigenvalue weighted by Crippen LogP contribution is -2.27. The molecule has 0 spiro atoms. The number of carbonyl (C=O) groups is 1. The molecule has 0 aromatic heterocycles. The highest BCUT2D eigenvalue weighted by Gasteiger charge is 2.17. The number of carbonyl (C=O) groups excluding carboxylic acids is 1. The van der Waals surface area contributed by atoms with Crippen molar-refractivity contribution in [1.82, 2.24) is 4.31 Å². The van der Waals surface area contributed by atoms with Crippen molar-refractivity contribution in [3.63, 3.8) is 0 Å². The number of aromatic hydroxyl groups is 1. The summed E-state index contributed by atoms with van der Waals surface area (Å²) in [7, 11) is -0.790. The van der Waals surface area contributed by atoms with Gasteiger partial charge in [0.05, 0.1) is 16.5 Å². The summed E-state index contributed by atoms with van der Waals surface area (Å²) in [5.41, 5.74) is -0.222. The molecule has 1 rings (SSSR count). The first-order valence-corrected chi connectivity index (χ1v) is 7.50. The van der Waals surface area contributed by atoms with Gasteiger partial charge in [0.2, 0.25) is 15.9 Å². The Labute approximate surface area is 121 Å². The number of sulfonamides is 1. The summed E-state index contributed by atoms with van der Waals surface area (Å²) in [5, 5.41) is 11.2. The average molecular weight is 325 g/mol. The van der Waals surface area contributed by atoms with Crippen molar-refractivity contribution in [1.29, 1.82) is 0 Å². The number of hydrogen-bond acceptors (Lipinski definition) is 4. The molecule has 20 heavy (non-hydrogen) atoms. The van der Waals surface area contributed by atoms with E-state index in [9.17, 15) is 17.6 Å². The number of benzene rings is 1. The second-order valence-corrected chi connectivity index (χ2v) is 6.89. The maximum atomic E-state index is 13.4. The quantitative estimate of drug-likeness (QED) is 0.802. The molecule has 0 saturated carbocycles. The molecule has 112 valence electrons. The standard InChI is InChI=1S/C11H14ClFN2O4S/c1-15(2)20(18,19)4-3-11(17)14-9-5-7(12)10(16)6-8(9)13/h5-6,16H,3-4H2,1-2H3,(H,14,17). The van der Waals surface area contributed by atoms with Crippen LogP contribution in [0.2, 0.25) is 5.02 Å². The van der Waals surface area contributed by atoms with Gasteiger partial charge in [-0.1, -0.05) is 11.6 Å². The van der Waals surface area contributed by atoms with Crippen LogP contribution in [0, 0.1) is 5.82 Å². The van der Waals surface area contributed by atoms with E-state index in [1.54, 1.807) is 0 Å². The Kier molecular flexibility index (Phi) is 5.32. The van der Waals surface area contributed by atoms with E-state index in [0.717, 1.165) is 16.4 Å². The van der Waals surface area contributed by atoms with Gasteiger partial charge in [-0.25, -0.2) is 17.1 Å². The summed E-state index contributed by atoms with van der Waals surface area (Å²) < 4.78 is 37.4. The van der Waals surface area contributed by atoms with E-state index in [0.29, 0.717) is 0 Å². The molecule has 0 aliphatic heterocycles. The van der Waals surface area contributed by atoms with Gasteiger partial charge in [-0.15, -0.1) is 0 Å². The van der Waals surface area contributed by atoms with Gasteiger partial charge < -0.3 is 10.4 Å². The third kappa shape index (κ3) is 4.32. The molecule has 0 aliphatic rings. The molecule has 9 heteroatoms. The lowest BCUT2D eigenvalue weighted by atomic mass is 10.2. The van der Waals surface area contributed by atoms with Crippen LogP contribution in [0.15, 0.2) is 12.1 Å². The zero-order chi connectivity index (χ0) is 15.5. The summed E-state index contributed by atoms with van der Waals surface area (Å²) in [4.78, 5) is 11.6. The third-order valence-corrected chi connectivity index (χ3v) is 4.59. The SMILES string of the molecule is CN(C)S(=O)(=O)CCC(=O)Nc1cc(Cl)c(O)cc1F. The van der Waals surface area contributed by atoms with E-state index in [1.807, 2.05) is 0 Å². The summed E-state index contributed by atoms with van der Waals surface area (Å²) in [6.45, 7) is 0. The number of anilines is 1. The minimum Gasteiger partial charge on any atom is -0.506 e. The minimum atomic E-state index is -3.50. The van der Waals surface area contributed by atoms with E-state index >= 15 is 0 Å². The number of nitrogens with one attached hydrogen (secondary N) is 1. The molecular weight excluding hydrogens is 311 g/mol. The van der Waals surface area contributed by atoms with Crippen molar-refractivity contribution in [3.8, 4) is 5.75 Å². The third-order valence-electron chi connectivity index (χ3n) is 2.45. The number of halogens is 2. The van der Waals surface area contributed by atoms with Crippen LogP contribution in [0.4, 0.5) is 10.1 Å². The Morgan fingerprint density at radius 1 is 1.45 bits per heavy atom. The highest BCUT2D eigenvalue weighted by atomic mass is 35.5. The Bertz CT molecular complexity index is 619. The molecule has 0 unspecified atom stereocenters. The first kappa shape index (κ1) is 16.7. The second-order valence-electron chi connectivity index (χ2n) is 4.18. The number of nitrogens with zero attached hydrogens (tertiary/aromatic N) is 1. The molecule has 1 amide bonds. The van der Waals surface area contributed by atoms with Crippen LogP contribution >= 0.6 is 11.6 Å². The van der Waals surface area contributed by atoms with Crippen molar-refractivity contribution in [2.24, 2.45) is 0 Å². The Morgan fingerprint density at radius 2 is 2.05 bits per heavy atom. The summed E-state index contributed by atoms with van der Waals surface area (Å²) in [5.74, 6) is -2.37. The Balaban J connectivity index is 2.71. The molecule has 0 bridgehead atoms. The maximum absolute atomic E-state index is 13.4. The molecule has 2 N–H and O–H groups in total. The molecule has 0 atom stereocenters. The van der Waals surface area contributed by atoms with Crippen LogP contribution in [0.1, 0.15) is 6.42 Å². The van der Waals surface area contributed by atoms with E-state index in [4.69, 9.17) is 16.7 Å². The predicted molar refractivity (Wildman–Crippen MR) is 73.8 cm³/mol. The van der Waals surface area contributed by atoms with E-state index in [1.165, 1.54) is 14.1 Å². The van der Waals surface area contributed by atoms with Crippen LogP contribution in [0.5, 0.6) is 5.75 Å². The lowest BCUT2D eigenvalue weighted by molar-refractivity contribution is -0.115. The van der Waals surface area contributed by atoms with Crippen LogP contribution in [-0.2, 0) is 14.8 Å².